The highest BCUT2D eigenvalue weighted by Gasteiger charge is 2.23. The third-order valence-electron chi connectivity index (χ3n) is 10.7. The fraction of sp³-hybridized carbons (Fsp3) is 0.769. The fourth-order valence-corrected chi connectivity index (χ4v) is 7.70. The van der Waals surface area contributed by atoms with Crippen molar-refractivity contribution < 1.29 is 37.9 Å². The number of aliphatic hydroxyl groups is 1. The average Bonchev–Trinajstić information content (AvgIpc) is 3.26. The first-order valence-corrected chi connectivity index (χ1v) is 26.8. The molecule has 62 heavy (non-hydrogen) atoms. The highest BCUT2D eigenvalue weighted by Crippen LogP contribution is 2.42. The van der Waals surface area contributed by atoms with Crippen LogP contribution in [0.1, 0.15) is 226 Å². The maximum Gasteiger partial charge on any atom is 0.472 e. The Kier molecular flexibility index (Phi) is 46.4. The van der Waals surface area contributed by atoms with Gasteiger partial charge in [0.05, 0.1) is 13.2 Å². The van der Waals surface area contributed by atoms with Crippen molar-refractivity contribution in [2.75, 3.05) is 26.4 Å². The fourth-order valence-electron chi connectivity index (χ4n) is 6.95. The monoisotopic (exact) mass is 892 g/mol. The molecule has 3 N–H and O–H groups in total. The number of allylic oxidation sites excluding steroid dienone is 10. The second kappa shape index (κ2) is 48.2. The number of rotatable bonds is 47. The number of nitrogens with one attached hydrogen (secondary N) is 1. The van der Waals surface area contributed by atoms with E-state index in [9.17, 15) is 24.2 Å². The van der Waals surface area contributed by atoms with Crippen molar-refractivity contribution in [3.05, 3.63) is 60.8 Å². The lowest BCUT2D eigenvalue weighted by Crippen LogP contribution is -2.27. The highest BCUT2D eigenvalue weighted by atomic mass is 31.2. The number of carbonyl (C=O) groups excluding carboxylic acids is 2. The number of aliphatic hydroxyl groups excluding tert-OH is 1. The number of esters is 1. The summed E-state index contributed by atoms with van der Waals surface area (Å²) in [6, 6.07) is 0. The summed E-state index contributed by atoms with van der Waals surface area (Å²) in [4.78, 5) is 34.0. The van der Waals surface area contributed by atoms with Crippen LogP contribution in [0.15, 0.2) is 60.8 Å². The molecule has 0 radical (unpaired) electrons. The lowest BCUT2D eigenvalue weighted by Gasteiger charge is -2.15. The van der Waals surface area contributed by atoms with Crippen LogP contribution in [0.25, 0.3) is 0 Å². The summed E-state index contributed by atoms with van der Waals surface area (Å²) >= 11 is 0. The van der Waals surface area contributed by atoms with Crippen molar-refractivity contribution in [3.8, 4) is 0 Å². The standard InChI is InChI=1S/C52H94NO8P/c1-3-5-7-9-11-13-15-17-19-21-22-23-24-25-26-27-29-30-32-34-36-38-40-42-44-51(55)53-46-47-60-62(57,58)61-49-50(54)48-59-52(56)45-43-41-39-37-35-33-31-28-20-18-16-14-12-10-8-6-4-2/h6,8,12,14,18,20,31,33,37,39,50,54H,3-5,7,9-11,13,15-17,19,21-30,32,34-36,38,40-49H2,1-2H3,(H,53,55)(H,57,58)/b8-6-,14-12-,20-18-,33-31-,39-37-. The Morgan fingerprint density at radius 1 is 0.516 bits per heavy atom. The summed E-state index contributed by atoms with van der Waals surface area (Å²) < 4.78 is 26.9. The van der Waals surface area contributed by atoms with E-state index in [1.54, 1.807) is 0 Å². The van der Waals surface area contributed by atoms with Gasteiger partial charge in [-0.15, -0.1) is 0 Å². The van der Waals surface area contributed by atoms with Gasteiger partial charge in [-0.05, 0) is 51.4 Å². The Balaban J connectivity index is 3.58. The molecule has 0 rings (SSSR count). The normalized spacial score (nSPS) is 13.7. The molecule has 0 aliphatic heterocycles. The van der Waals surface area contributed by atoms with E-state index in [0.29, 0.717) is 12.8 Å². The molecule has 0 aliphatic rings. The quantitative estimate of drug-likeness (QED) is 0.0238. The van der Waals surface area contributed by atoms with Gasteiger partial charge in [0.25, 0.3) is 0 Å². The van der Waals surface area contributed by atoms with E-state index in [1.807, 2.05) is 6.08 Å². The van der Waals surface area contributed by atoms with Gasteiger partial charge in [0.1, 0.15) is 12.7 Å². The SMILES string of the molecule is CC/C=C\C/C=C\C/C=C\C/C=C\C/C=C\CCCC(=O)OCC(O)COP(=O)(O)OCCNC(=O)CCCCCCCCCCCCCCCCCCCCCCCCCC. The maximum atomic E-state index is 12.1. The zero-order chi connectivity index (χ0) is 45.3. The average molecular weight is 892 g/mol. The molecule has 0 aromatic heterocycles. The molecule has 0 fully saturated rings. The molecular weight excluding hydrogens is 798 g/mol. The first-order chi connectivity index (χ1) is 30.3. The summed E-state index contributed by atoms with van der Waals surface area (Å²) in [5, 5.41) is 12.7. The van der Waals surface area contributed by atoms with Crippen molar-refractivity contribution in [2.24, 2.45) is 0 Å². The van der Waals surface area contributed by atoms with Gasteiger partial charge in [0, 0.05) is 19.4 Å². The van der Waals surface area contributed by atoms with Crippen molar-refractivity contribution in [3.63, 3.8) is 0 Å². The first-order valence-electron chi connectivity index (χ1n) is 25.3. The molecule has 0 saturated carbocycles. The van der Waals surface area contributed by atoms with E-state index in [-0.39, 0.29) is 32.1 Å². The van der Waals surface area contributed by atoms with E-state index < -0.39 is 26.5 Å². The molecule has 0 heterocycles. The minimum atomic E-state index is -4.44. The molecule has 360 valence electrons. The van der Waals surface area contributed by atoms with Gasteiger partial charge in [-0.25, -0.2) is 4.57 Å². The zero-order valence-electron chi connectivity index (χ0n) is 39.8. The molecule has 0 bridgehead atoms. The van der Waals surface area contributed by atoms with Crippen LogP contribution in [0.2, 0.25) is 0 Å². The topological polar surface area (TPSA) is 131 Å². The minimum absolute atomic E-state index is 0.0753. The number of ether oxygens (including phenoxy) is 1. The molecule has 9 nitrogen and oxygen atoms in total. The number of phosphoric ester groups is 1. The van der Waals surface area contributed by atoms with Crippen LogP contribution in [0.5, 0.6) is 0 Å². The van der Waals surface area contributed by atoms with Crippen LogP contribution in [0, 0.1) is 0 Å². The molecule has 1 amide bonds. The lowest BCUT2D eigenvalue weighted by molar-refractivity contribution is -0.147. The van der Waals surface area contributed by atoms with Gasteiger partial charge in [0.2, 0.25) is 5.91 Å². The zero-order valence-corrected chi connectivity index (χ0v) is 40.7. The molecule has 0 aromatic rings. The summed E-state index contributed by atoms with van der Waals surface area (Å²) in [5.74, 6) is -0.571. The van der Waals surface area contributed by atoms with Crippen LogP contribution < -0.4 is 5.32 Å². The van der Waals surface area contributed by atoms with Gasteiger partial charge in [0.15, 0.2) is 0 Å². The summed E-state index contributed by atoms with van der Waals surface area (Å²) in [5.41, 5.74) is 0. The van der Waals surface area contributed by atoms with E-state index >= 15 is 0 Å². The number of amides is 1. The molecule has 0 aromatic carbocycles. The number of carbonyl (C=O) groups is 2. The third-order valence-corrected chi connectivity index (χ3v) is 11.7. The largest absolute Gasteiger partial charge is 0.472 e. The van der Waals surface area contributed by atoms with Gasteiger partial charge in [-0.1, -0.05) is 222 Å². The molecule has 2 unspecified atom stereocenters. The number of hydrogen-bond acceptors (Lipinski definition) is 7. The van der Waals surface area contributed by atoms with Gasteiger partial charge >= 0.3 is 13.8 Å². The molecule has 0 spiro atoms. The highest BCUT2D eigenvalue weighted by molar-refractivity contribution is 7.47. The third kappa shape index (κ3) is 48.7. The van der Waals surface area contributed by atoms with E-state index in [4.69, 9.17) is 13.8 Å². The molecular formula is C52H94NO8P. The Morgan fingerprint density at radius 2 is 0.919 bits per heavy atom. The summed E-state index contributed by atoms with van der Waals surface area (Å²) in [6.07, 6.45) is 58.9. The van der Waals surface area contributed by atoms with Gasteiger partial charge < -0.3 is 20.1 Å². The van der Waals surface area contributed by atoms with Gasteiger partial charge in [-0.3, -0.25) is 18.6 Å². The van der Waals surface area contributed by atoms with Crippen LogP contribution in [-0.4, -0.2) is 54.3 Å². The van der Waals surface area contributed by atoms with E-state index in [0.717, 1.165) is 57.8 Å². The molecule has 0 saturated heterocycles. The van der Waals surface area contributed by atoms with Crippen LogP contribution in [0.3, 0.4) is 0 Å². The van der Waals surface area contributed by atoms with Gasteiger partial charge in [-0.2, -0.15) is 0 Å². The van der Waals surface area contributed by atoms with E-state index in [1.165, 1.54) is 135 Å². The Hall–Kier alpha value is -2.29. The lowest BCUT2D eigenvalue weighted by atomic mass is 10.0. The first kappa shape index (κ1) is 59.7. The molecule has 10 heteroatoms. The van der Waals surface area contributed by atoms with Crippen molar-refractivity contribution >= 4 is 19.7 Å². The number of phosphoric acid groups is 1. The summed E-state index contributed by atoms with van der Waals surface area (Å²) in [6.45, 7) is 3.40. The molecule has 2 atom stereocenters. The second-order valence-corrected chi connectivity index (χ2v) is 18.2. The summed E-state index contributed by atoms with van der Waals surface area (Å²) in [7, 11) is -4.44. The van der Waals surface area contributed by atoms with Crippen molar-refractivity contribution in [1.82, 2.24) is 5.32 Å². The Bertz CT molecular complexity index is 1200. The predicted octanol–water partition coefficient (Wildman–Crippen LogP) is 14.8. The number of unbranched alkanes of at least 4 members (excludes halogenated alkanes) is 24. The molecule has 0 aliphatic carbocycles. The van der Waals surface area contributed by atoms with Crippen LogP contribution >= 0.6 is 7.82 Å². The second-order valence-electron chi connectivity index (χ2n) is 16.8. The van der Waals surface area contributed by atoms with Crippen molar-refractivity contribution in [1.29, 1.82) is 0 Å². The van der Waals surface area contributed by atoms with Crippen molar-refractivity contribution in [2.45, 2.75) is 232 Å². The van der Waals surface area contributed by atoms with E-state index in [2.05, 4.69) is 73.8 Å². The smallest absolute Gasteiger partial charge is 0.463 e. The number of hydrogen-bond donors (Lipinski definition) is 3. The van der Waals surface area contributed by atoms with Crippen LogP contribution in [-0.2, 0) is 27.9 Å². The van der Waals surface area contributed by atoms with Crippen LogP contribution in [0.4, 0.5) is 0 Å². The Labute approximate surface area is 380 Å². The maximum absolute atomic E-state index is 12.1. The minimum Gasteiger partial charge on any atom is -0.463 e. The Morgan fingerprint density at radius 3 is 1.35 bits per heavy atom. The predicted molar refractivity (Wildman–Crippen MR) is 261 cm³/mol.